The molecule has 8 nitrogen and oxygen atoms in total. The molecule has 3 atom stereocenters. The van der Waals surface area contributed by atoms with Crippen molar-refractivity contribution in [2.75, 3.05) is 13.2 Å². The third kappa shape index (κ3) is 2.73. The van der Waals surface area contributed by atoms with Gasteiger partial charge in [0, 0.05) is 12.8 Å². The van der Waals surface area contributed by atoms with E-state index in [1.807, 2.05) is 0 Å². The van der Waals surface area contributed by atoms with Crippen LogP contribution in [0, 0.1) is 0 Å². The van der Waals surface area contributed by atoms with Crippen molar-refractivity contribution in [1.29, 1.82) is 0 Å². The van der Waals surface area contributed by atoms with Crippen molar-refractivity contribution in [3.05, 3.63) is 30.2 Å². The van der Waals surface area contributed by atoms with Crippen LogP contribution in [0.3, 0.4) is 0 Å². The molecule has 112 valence electrons. The molecule has 0 spiro atoms. The van der Waals surface area contributed by atoms with Gasteiger partial charge in [-0.15, -0.1) is 0 Å². The van der Waals surface area contributed by atoms with Gasteiger partial charge in [0.15, 0.2) is 5.65 Å². The SMILES string of the molecule is O=C(N[C@H]1CCO[C@H](CO)[C@H]1O)c1ccc2ncnn2c1. The molecule has 3 heterocycles. The minimum absolute atomic E-state index is 0.279. The van der Waals surface area contributed by atoms with Gasteiger partial charge in [0.05, 0.1) is 18.2 Å². The van der Waals surface area contributed by atoms with E-state index in [-0.39, 0.29) is 12.5 Å². The van der Waals surface area contributed by atoms with Crippen molar-refractivity contribution in [3.8, 4) is 0 Å². The lowest BCUT2D eigenvalue weighted by molar-refractivity contribution is -0.107. The first-order valence-corrected chi connectivity index (χ1v) is 6.70. The van der Waals surface area contributed by atoms with Gasteiger partial charge in [0.1, 0.15) is 18.5 Å². The van der Waals surface area contributed by atoms with Crippen LogP contribution in [0.4, 0.5) is 0 Å². The van der Waals surface area contributed by atoms with Crippen LogP contribution in [0.5, 0.6) is 0 Å². The van der Waals surface area contributed by atoms with Gasteiger partial charge in [-0.05, 0) is 18.6 Å². The van der Waals surface area contributed by atoms with Crippen LogP contribution in [0.2, 0.25) is 0 Å². The number of aliphatic hydroxyl groups excluding tert-OH is 2. The number of aromatic nitrogens is 3. The number of aliphatic hydroxyl groups is 2. The Kier molecular flexibility index (Phi) is 3.82. The summed E-state index contributed by atoms with van der Waals surface area (Å²) in [4.78, 5) is 16.2. The lowest BCUT2D eigenvalue weighted by Gasteiger charge is -2.34. The fraction of sp³-hybridized carbons (Fsp3) is 0.462. The molecule has 1 amide bonds. The minimum atomic E-state index is -0.928. The number of amides is 1. The number of nitrogens with one attached hydrogen (secondary N) is 1. The second-order valence-electron chi connectivity index (χ2n) is 4.93. The molecule has 0 aliphatic carbocycles. The first-order chi connectivity index (χ1) is 10.2. The number of nitrogens with zero attached hydrogens (tertiary/aromatic N) is 3. The number of carbonyl (C=O) groups is 1. The molecule has 1 saturated heterocycles. The smallest absolute Gasteiger partial charge is 0.253 e. The Hall–Kier alpha value is -2.03. The molecule has 1 aliphatic heterocycles. The molecule has 3 rings (SSSR count). The van der Waals surface area contributed by atoms with Crippen molar-refractivity contribution in [2.24, 2.45) is 0 Å². The Morgan fingerprint density at radius 1 is 1.52 bits per heavy atom. The second kappa shape index (κ2) is 5.76. The van der Waals surface area contributed by atoms with Gasteiger partial charge >= 0.3 is 0 Å². The zero-order valence-electron chi connectivity index (χ0n) is 11.2. The summed E-state index contributed by atoms with van der Waals surface area (Å²) in [6.45, 7) is 0.105. The molecule has 1 fully saturated rings. The maximum Gasteiger partial charge on any atom is 0.253 e. The van der Waals surface area contributed by atoms with E-state index in [4.69, 9.17) is 9.84 Å². The third-order valence-electron chi connectivity index (χ3n) is 3.59. The summed E-state index contributed by atoms with van der Waals surface area (Å²) in [5, 5.41) is 25.9. The standard InChI is InChI=1S/C13H16N4O4/c18-6-10-12(19)9(3-4-21-10)16-13(20)8-1-2-11-14-7-15-17(11)5-8/h1-2,5,7,9-10,12,18-19H,3-4,6H2,(H,16,20)/t9-,10+,12-/m0/s1. The van der Waals surface area contributed by atoms with E-state index in [0.717, 1.165) is 0 Å². The largest absolute Gasteiger partial charge is 0.394 e. The van der Waals surface area contributed by atoms with E-state index in [1.165, 1.54) is 10.8 Å². The van der Waals surface area contributed by atoms with Crippen molar-refractivity contribution >= 4 is 11.6 Å². The van der Waals surface area contributed by atoms with E-state index >= 15 is 0 Å². The maximum atomic E-state index is 12.2. The van der Waals surface area contributed by atoms with Gasteiger partial charge in [-0.1, -0.05) is 0 Å². The van der Waals surface area contributed by atoms with E-state index in [2.05, 4.69) is 15.4 Å². The molecular weight excluding hydrogens is 276 g/mol. The molecule has 2 aromatic heterocycles. The Morgan fingerprint density at radius 3 is 3.19 bits per heavy atom. The lowest BCUT2D eigenvalue weighted by Crippen LogP contribution is -2.54. The molecule has 0 saturated carbocycles. The quantitative estimate of drug-likeness (QED) is 0.667. The highest BCUT2D eigenvalue weighted by atomic mass is 16.5. The molecule has 0 aromatic carbocycles. The highest BCUT2D eigenvalue weighted by molar-refractivity contribution is 5.94. The van der Waals surface area contributed by atoms with Gasteiger partial charge in [0.2, 0.25) is 0 Å². The molecule has 8 heteroatoms. The molecular formula is C13H16N4O4. The summed E-state index contributed by atoms with van der Waals surface area (Å²) in [6.07, 6.45) is 1.89. The normalized spacial score (nSPS) is 25.9. The maximum absolute atomic E-state index is 12.2. The zero-order valence-corrected chi connectivity index (χ0v) is 11.2. The molecule has 0 unspecified atom stereocenters. The first kappa shape index (κ1) is 13.9. The summed E-state index contributed by atoms with van der Waals surface area (Å²) in [5.74, 6) is -0.310. The van der Waals surface area contributed by atoms with Gasteiger partial charge in [-0.3, -0.25) is 4.79 Å². The lowest BCUT2D eigenvalue weighted by atomic mass is 9.99. The van der Waals surface area contributed by atoms with E-state index in [1.54, 1.807) is 18.3 Å². The summed E-state index contributed by atoms with van der Waals surface area (Å²) in [7, 11) is 0. The minimum Gasteiger partial charge on any atom is -0.394 e. The molecule has 1 aliphatic rings. The Morgan fingerprint density at radius 2 is 2.38 bits per heavy atom. The Bertz CT molecular complexity index is 644. The molecule has 0 radical (unpaired) electrons. The summed E-state index contributed by atoms with van der Waals surface area (Å²) in [6, 6.07) is 2.89. The summed E-state index contributed by atoms with van der Waals surface area (Å²) in [5.41, 5.74) is 1.07. The Balaban J connectivity index is 1.73. The fourth-order valence-corrected chi connectivity index (χ4v) is 2.40. The van der Waals surface area contributed by atoms with E-state index in [0.29, 0.717) is 24.2 Å². The predicted molar refractivity (Wildman–Crippen MR) is 71.7 cm³/mol. The number of hydrogen-bond acceptors (Lipinski definition) is 6. The van der Waals surface area contributed by atoms with Crippen LogP contribution in [0.25, 0.3) is 5.65 Å². The number of ether oxygens (including phenoxy) is 1. The van der Waals surface area contributed by atoms with Gasteiger partial charge in [-0.25, -0.2) is 9.50 Å². The highest BCUT2D eigenvalue weighted by Crippen LogP contribution is 2.15. The third-order valence-corrected chi connectivity index (χ3v) is 3.59. The second-order valence-corrected chi connectivity index (χ2v) is 4.93. The zero-order chi connectivity index (χ0) is 14.8. The number of rotatable bonds is 3. The molecule has 2 aromatic rings. The monoisotopic (exact) mass is 292 g/mol. The van der Waals surface area contributed by atoms with Crippen LogP contribution in [0.1, 0.15) is 16.8 Å². The van der Waals surface area contributed by atoms with E-state index < -0.39 is 18.2 Å². The Labute approximate surface area is 120 Å². The highest BCUT2D eigenvalue weighted by Gasteiger charge is 2.33. The van der Waals surface area contributed by atoms with Crippen molar-refractivity contribution < 1.29 is 19.7 Å². The fourth-order valence-electron chi connectivity index (χ4n) is 2.40. The average molecular weight is 292 g/mol. The van der Waals surface area contributed by atoms with Crippen molar-refractivity contribution in [3.63, 3.8) is 0 Å². The van der Waals surface area contributed by atoms with Crippen molar-refractivity contribution in [1.82, 2.24) is 19.9 Å². The van der Waals surface area contributed by atoms with Crippen molar-refractivity contribution in [2.45, 2.75) is 24.7 Å². The predicted octanol–water partition coefficient (Wildman–Crippen LogP) is -1.03. The molecule has 3 N–H and O–H groups in total. The van der Waals surface area contributed by atoms with Crippen LogP contribution >= 0.6 is 0 Å². The topological polar surface area (TPSA) is 109 Å². The van der Waals surface area contributed by atoms with Gasteiger partial charge in [-0.2, -0.15) is 5.10 Å². The summed E-state index contributed by atoms with van der Waals surface area (Å²) >= 11 is 0. The van der Waals surface area contributed by atoms with Crippen LogP contribution < -0.4 is 5.32 Å². The first-order valence-electron chi connectivity index (χ1n) is 6.70. The number of carbonyl (C=O) groups excluding carboxylic acids is 1. The van der Waals surface area contributed by atoms with Gasteiger partial charge in [0.25, 0.3) is 5.91 Å². The van der Waals surface area contributed by atoms with Crippen LogP contribution in [-0.2, 0) is 4.74 Å². The summed E-state index contributed by atoms with van der Waals surface area (Å²) < 4.78 is 6.74. The number of pyridine rings is 1. The van der Waals surface area contributed by atoms with Crippen LogP contribution in [0.15, 0.2) is 24.7 Å². The molecule has 0 bridgehead atoms. The van der Waals surface area contributed by atoms with Crippen LogP contribution in [-0.4, -0.2) is 62.2 Å². The van der Waals surface area contributed by atoms with E-state index in [9.17, 15) is 9.90 Å². The number of hydrogen-bond donors (Lipinski definition) is 3. The molecule has 21 heavy (non-hydrogen) atoms. The number of fused-ring (bicyclic) bond motifs is 1. The van der Waals surface area contributed by atoms with Gasteiger partial charge < -0.3 is 20.3 Å². The average Bonchev–Trinajstić information content (AvgIpc) is 2.96.